The highest BCUT2D eigenvalue weighted by Crippen LogP contribution is 2.32. The van der Waals surface area contributed by atoms with Gasteiger partial charge in [-0.2, -0.15) is 0 Å². The number of nitro benzene ring substituents is 1. The Morgan fingerprint density at radius 2 is 1.96 bits per heavy atom. The van der Waals surface area contributed by atoms with Gasteiger partial charge < -0.3 is 5.32 Å². The van der Waals surface area contributed by atoms with Crippen molar-refractivity contribution in [1.82, 2.24) is 4.98 Å². The molecule has 1 aromatic carbocycles. The van der Waals surface area contributed by atoms with Gasteiger partial charge in [0.2, 0.25) is 0 Å². The van der Waals surface area contributed by atoms with E-state index in [9.17, 15) is 18.5 Å². The number of hydrogen-bond acceptors (Lipinski definition) is 7. The monoisotopic (exact) mass is 383 g/mol. The molecule has 0 fully saturated rings. The number of thiazole rings is 1. The van der Waals surface area contributed by atoms with Crippen LogP contribution in [0.2, 0.25) is 0 Å². The zero-order valence-corrected chi connectivity index (χ0v) is 16.4. The molecule has 0 amide bonds. The average Bonchev–Trinajstić information content (AvgIpc) is 2.96. The molecule has 2 aromatic rings. The number of rotatable bonds is 5. The fourth-order valence-electron chi connectivity index (χ4n) is 2.14. The van der Waals surface area contributed by atoms with Gasteiger partial charge >= 0.3 is 0 Å². The molecule has 25 heavy (non-hydrogen) atoms. The predicted octanol–water partition coefficient (Wildman–Crippen LogP) is 3.93. The number of aromatic nitrogens is 1. The lowest BCUT2D eigenvalue weighted by molar-refractivity contribution is -0.384. The second-order valence-corrected chi connectivity index (χ2v) is 9.80. The van der Waals surface area contributed by atoms with E-state index in [-0.39, 0.29) is 27.7 Å². The SMILES string of the molecule is CC(Nc1ccc(S(C)(=O)=O)cc1[N+](=O)[O-])c1nc(C(C)(C)C)cs1. The van der Waals surface area contributed by atoms with Crippen LogP contribution in [0.1, 0.15) is 44.4 Å². The summed E-state index contributed by atoms with van der Waals surface area (Å²) in [5.41, 5.74) is 0.875. The molecule has 7 nitrogen and oxygen atoms in total. The molecule has 0 aliphatic rings. The van der Waals surface area contributed by atoms with E-state index in [1.807, 2.05) is 12.3 Å². The van der Waals surface area contributed by atoms with Gasteiger partial charge in [0.25, 0.3) is 5.69 Å². The average molecular weight is 383 g/mol. The van der Waals surface area contributed by atoms with Crippen molar-refractivity contribution in [2.24, 2.45) is 0 Å². The highest BCUT2D eigenvalue weighted by molar-refractivity contribution is 7.90. The first-order valence-electron chi connectivity index (χ1n) is 7.60. The van der Waals surface area contributed by atoms with Crippen LogP contribution in [0.5, 0.6) is 0 Å². The Morgan fingerprint density at radius 3 is 2.44 bits per heavy atom. The first-order valence-corrected chi connectivity index (χ1v) is 10.4. The molecule has 1 aromatic heterocycles. The zero-order valence-electron chi connectivity index (χ0n) is 14.7. The smallest absolute Gasteiger partial charge is 0.293 e. The Bertz CT molecular complexity index is 898. The molecule has 0 bridgehead atoms. The van der Waals surface area contributed by atoms with Crippen LogP contribution in [0.4, 0.5) is 11.4 Å². The van der Waals surface area contributed by atoms with Gasteiger partial charge in [-0.05, 0) is 19.1 Å². The summed E-state index contributed by atoms with van der Waals surface area (Å²) < 4.78 is 23.2. The normalized spacial score (nSPS) is 13.5. The van der Waals surface area contributed by atoms with Crippen LogP contribution >= 0.6 is 11.3 Å². The molecule has 1 atom stereocenters. The van der Waals surface area contributed by atoms with Gasteiger partial charge in [-0.1, -0.05) is 20.8 Å². The molecule has 136 valence electrons. The first kappa shape index (κ1) is 19.3. The third kappa shape index (κ3) is 4.55. The summed E-state index contributed by atoms with van der Waals surface area (Å²) in [6.07, 6.45) is 1.02. The molecular weight excluding hydrogens is 362 g/mol. The number of nitrogens with one attached hydrogen (secondary N) is 1. The lowest BCUT2D eigenvalue weighted by atomic mass is 9.93. The van der Waals surface area contributed by atoms with Crippen molar-refractivity contribution >= 4 is 32.5 Å². The maximum absolute atomic E-state index is 11.6. The fraction of sp³-hybridized carbons (Fsp3) is 0.438. The van der Waals surface area contributed by atoms with Gasteiger partial charge in [-0.25, -0.2) is 13.4 Å². The van der Waals surface area contributed by atoms with Gasteiger partial charge in [0.1, 0.15) is 10.7 Å². The number of hydrogen-bond donors (Lipinski definition) is 1. The second-order valence-electron chi connectivity index (χ2n) is 6.90. The summed E-state index contributed by atoms with van der Waals surface area (Å²) >= 11 is 1.49. The van der Waals surface area contributed by atoms with Gasteiger partial charge in [0.05, 0.1) is 21.6 Å². The maximum Gasteiger partial charge on any atom is 0.293 e. The lowest BCUT2D eigenvalue weighted by Gasteiger charge is -2.16. The van der Waals surface area contributed by atoms with Crippen LogP contribution in [0.3, 0.4) is 0 Å². The van der Waals surface area contributed by atoms with E-state index < -0.39 is 14.8 Å². The topological polar surface area (TPSA) is 102 Å². The van der Waals surface area contributed by atoms with Crippen LogP contribution in [-0.2, 0) is 15.3 Å². The van der Waals surface area contributed by atoms with E-state index in [2.05, 4.69) is 31.1 Å². The number of nitro groups is 1. The molecule has 9 heteroatoms. The van der Waals surface area contributed by atoms with Crippen LogP contribution in [0, 0.1) is 10.1 Å². The van der Waals surface area contributed by atoms with E-state index in [0.717, 1.165) is 23.0 Å². The molecule has 0 radical (unpaired) electrons. The van der Waals surface area contributed by atoms with E-state index >= 15 is 0 Å². The Balaban J connectivity index is 2.33. The molecule has 0 saturated carbocycles. The summed E-state index contributed by atoms with van der Waals surface area (Å²) in [4.78, 5) is 15.2. The van der Waals surface area contributed by atoms with Crippen molar-refractivity contribution in [2.45, 2.75) is 44.0 Å². The van der Waals surface area contributed by atoms with Crippen LogP contribution in [0.25, 0.3) is 0 Å². The van der Waals surface area contributed by atoms with Crippen molar-refractivity contribution < 1.29 is 13.3 Å². The molecule has 1 N–H and O–H groups in total. The van der Waals surface area contributed by atoms with Crippen molar-refractivity contribution in [3.05, 3.63) is 44.4 Å². The Morgan fingerprint density at radius 1 is 1.32 bits per heavy atom. The van der Waals surface area contributed by atoms with Gasteiger partial charge in [0.15, 0.2) is 9.84 Å². The Kier molecular flexibility index (Phi) is 5.19. The van der Waals surface area contributed by atoms with Crippen molar-refractivity contribution in [2.75, 3.05) is 11.6 Å². The molecule has 1 unspecified atom stereocenters. The minimum absolute atomic E-state index is 0.0718. The summed E-state index contributed by atoms with van der Waals surface area (Å²) in [6, 6.07) is 3.61. The molecule has 0 spiro atoms. The Hall–Kier alpha value is -2.00. The summed E-state index contributed by atoms with van der Waals surface area (Å²) in [5.74, 6) is 0. The zero-order chi connectivity index (χ0) is 19.0. The molecule has 0 aliphatic carbocycles. The van der Waals surface area contributed by atoms with E-state index in [1.165, 1.54) is 23.5 Å². The molecule has 0 saturated heterocycles. The third-order valence-corrected chi connectivity index (χ3v) is 5.76. The minimum atomic E-state index is -3.51. The maximum atomic E-state index is 11.6. The number of benzene rings is 1. The molecule has 1 heterocycles. The molecular formula is C16H21N3O4S2. The standard InChI is InChI=1S/C16H21N3O4S2/c1-10(15-18-14(9-24-15)16(2,3)4)17-12-7-6-11(25(5,22)23)8-13(12)19(20)21/h6-10,17H,1-5H3. The fourth-order valence-corrected chi connectivity index (χ4v) is 3.83. The minimum Gasteiger partial charge on any atom is -0.371 e. The van der Waals surface area contributed by atoms with Crippen molar-refractivity contribution in [3.8, 4) is 0 Å². The Labute approximate surface area is 151 Å². The van der Waals surface area contributed by atoms with E-state index in [4.69, 9.17) is 0 Å². The highest BCUT2D eigenvalue weighted by Gasteiger charge is 2.23. The molecule has 0 aliphatic heterocycles. The first-order chi connectivity index (χ1) is 11.4. The lowest BCUT2D eigenvalue weighted by Crippen LogP contribution is -2.13. The van der Waals surface area contributed by atoms with Crippen LogP contribution in [-0.4, -0.2) is 24.6 Å². The van der Waals surface area contributed by atoms with Crippen LogP contribution < -0.4 is 5.32 Å². The van der Waals surface area contributed by atoms with Crippen molar-refractivity contribution in [3.63, 3.8) is 0 Å². The number of sulfone groups is 1. The largest absolute Gasteiger partial charge is 0.371 e. The summed E-state index contributed by atoms with van der Waals surface area (Å²) in [6.45, 7) is 8.06. The molecule has 2 rings (SSSR count). The summed E-state index contributed by atoms with van der Waals surface area (Å²) in [7, 11) is -3.51. The predicted molar refractivity (Wildman–Crippen MR) is 99.1 cm³/mol. The van der Waals surface area contributed by atoms with Crippen LogP contribution in [0.15, 0.2) is 28.5 Å². The quantitative estimate of drug-likeness (QED) is 0.620. The number of nitrogens with zero attached hydrogens (tertiary/aromatic N) is 2. The van der Waals surface area contributed by atoms with Gasteiger partial charge in [-0.15, -0.1) is 11.3 Å². The third-order valence-electron chi connectivity index (χ3n) is 3.63. The highest BCUT2D eigenvalue weighted by atomic mass is 32.2. The second kappa shape index (κ2) is 6.72. The van der Waals surface area contributed by atoms with Crippen molar-refractivity contribution in [1.29, 1.82) is 0 Å². The van der Waals surface area contributed by atoms with E-state index in [0.29, 0.717) is 0 Å². The van der Waals surface area contributed by atoms with E-state index in [1.54, 1.807) is 0 Å². The number of anilines is 1. The summed E-state index contributed by atoms with van der Waals surface area (Å²) in [5, 5.41) is 17.2. The van der Waals surface area contributed by atoms with Gasteiger partial charge in [0, 0.05) is 23.1 Å². The van der Waals surface area contributed by atoms with Gasteiger partial charge in [-0.3, -0.25) is 10.1 Å².